The molecule has 2 aromatic rings. The number of benzene rings is 2. The molecular formula is C10H7NO2Zn. The maximum atomic E-state index is 10.3. The van der Waals surface area contributed by atoms with Gasteiger partial charge in [0.25, 0.3) is 0 Å². The molecule has 0 atom stereocenters. The van der Waals surface area contributed by atoms with Gasteiger partial charge in [0.2, 0.25) is 0 Å². The van der Waals surface area contributed by atoms with Crippen LogP contribution >= 0.6 is 0 Å². The zero-order valence-electron chi connectivity index (χ0n) is 7.47. The quantitative estimate of drug-likeness (QED) is 0.642. The first-order valence-corrected chi connectivity index (χ1v) is 7.12. The van der Waals surface area contributed by atoms with E-state index in [1.807, 2.05) is 30.3 Å². The van der Waals surface area contributed by atoms with Crippen LogP contribution in [0.25, 0.3) is 10.8 Å². The van der Waals surface area contributed by atoms with Crippen LogP contribution in [0.2, 0.25) is 0 Å². The van der Waals surface area contributed by atoms with E-state index in [2.05, 4.69) is 3.92 Å². The second-order valence-electron chi connectivity index (χ2n) is 3.07. The van der Waals surface area contributed by atoms with E-state index in [4.69, 9.17) is 0 Å². The van der Waals surface area contributed by atoms with Gasteiger partial charge in [0.05, 0.1) is 0 Å². The molecule has 14 heavy (non-hydrogen) atoms. The topological polar surface area (TPSA) is 49.7 Å². The Morgan fingerprint density at radius 3 is 2.71 bits per heavy atom. The van der Waals surface area contributed by atoms with E-state index < -0.39 is 17.4 Å². The number of fused-ring (bicyclic) bond motifs is 1. The van der Waals surface area contributed by atoms with Gasteiger partial charge < -0.3 is 0 Å². The minimum absolute atomic E-state index is 0.211. The third kappa shape index (κ3) is 1.53. The van der Waals surface area contributed by atoms with Crippen LogP contribution in [0.4, 0.5) is 0 Å². The van der Waals surface area contributed by atoms with Crippen molar-refractivity contribution in [2.75, 3.05) is 0 Å². The number of hydrogen-bond acceptors (Lipinski definition) is 3. The fourth-order valence-corrected chi connectivity index (χ4v) is 3.45. The van der Waals surface area contributed by atoms with Crippen molar-refractivity contribution in [2.45, 2.75) is 0 Å². The molecule has 66 valence electrons. The minimum atomic E-state index is -1.67. The van der Waals surface area contributed by atoms with Crippen molar-refractivity contribution < 1.29 is 22.5 Å². The van der Waals surface area contributed by atoms with Crippen molar-refractivity contribution >= 4 is 14.9 Å². The Kier molecular flexibility index (Phi) is 2.55. The average molecular weight is 239 g/mol. The fraction of sp³-hybridized carbons (Fsp3) is 0. The third-order valence-electron chi connectivity index (χ3n) is 2.24. The molecule has 0 aliphatic heterocycles. The Labute approximate surface area is 88.6 Å². The Balaban J connectivity index is 2.75. The van der Waals surface area contributed by atoms with Gasteiger partial charge in [-0.05, 0) is 0 Å². The molecule has 0 amide bonds. The molecule has 0 radical (unpaired) electrons. The van der Waals surface area contributed by atoms with Gasteiger partial charge in [-0.15, -0.1) is 0 Å². The Hall–Kier alpha value is -1.28. The number of aromatic hydroxyl groups is 1. The van der Waals surface area contributed by atoms with Gasteiger partial charge >= 0.3 is 88.4 Å². The summed E-state index contributed by atoms with van der Waals surface area (Å²) in [6.45, 7) is 0. The average Bonchev–Trinajstić information content (AvgIpc) is 2.23. The molecule has 0 fully saturated rings. The second kappa shape index (κ2) is 3.85. The first-order chi connectivity index (χ1) is 6.83. The maximum absolute atomic E-state index is 10.3. The van der Waals surface area contributed by atoms with E-state index >= 15 is 0 Å². The number of phenolic OH excluding ortho intramolecular Hbond substituents is 1. The third-order valence-corrected chi connectivity index (χ3v) is 4.73. The number of rotatable bonds is 2. The van der Waals surface area contributed by atoms with Crippen molar-refractivity contribution in [1.82, 2.24) is 0 Å². The van der Waals surface area contributed by atoms with E-state index in [0.717, 1.165) is 14.9 Å². The van der Waals surface area contributed by atoms with Crippen LogP contribution in [0.3, 0.4) is 0 Å². The van der Waals surface area contributed by atoms with Crippen LogP contribution in [0.5, 0.6) is 5.75 Å². The van der Waals surface area contributed by atoms with Crippen molar-refractivity contribution in [1.29, 1.82) is 0 Å². The summed E-state index contributed by atoms with van der Waals surface area (Å²) in [6, 6.07) is 11.2. The van der Waals surface area contributed by atoms with E-state index in [-0.39, 0.29) is 5.75 Å². The van der Waals surface area contributed by atoms with E-state index in [1.165, 1.54) is 0 Å². The van der Waals surface area contributed by atoms with Gasteiger partial charge in [-0.2, -0.15) is 0 Å². The van der Waals surface area contributed by atoms with Crippen LogP contribution in [0.15, 0.2) is 40.3 Å². The predicted octanol–water partition coefficient (Wildman–Crippen LogP) is 1.93. The molecule has 0 heterocycles. The summed E-state index contributed by atoms with van der Waals surface area (Å²) in [4.78, 5) is 10.3. The summed E-state index contributed by atoms with van der Waals surface area (Å²) in [5.41, 5.74) is 0. The van der Waals surface area contributed by atoms with Gasteiger partial charge in [-0.1, -0.05) is 0 Å². The van der Waals surface area contributed by atoms with E-state index in [1.54, 1.807) is 6.07 Å². The number of phenols is 1. The Morgan fingerprint density at radius 1 is 1.14 bits per heavy atom. The summed E-state index contributed by atoms with van der Waals surface area (Å²) in [5.74, 6) is 0.211. The fourth-order valence-electron chi connectivity index (χ4n) is 1.56. The summed E-state index contributed by atoms with van der Waals surface area (Å²) >= 11 is -1.67. The summed E-state index contributed by atoms with van der Waals surface area (Å²) in [5, 5.41) is 11.6. The van der Waals surface area contributed by atoms with Crippen molar-refractivity contribution in [3.05, 3.63) is 41.3 Å². The monoisotopic (exact) mass is 237 g/mol. The Morgan fingerprint density at radius 2 is 1.93 bits per heavy atom. The van der Waals surface area contributed by atoms with Crippen LogP contribution in [0.1, 0.15) is 0 Å². The zero-order chi connectivity index (χ0) is 9.97. The molecule has 0 aromatic heterocycles. The van der Waals surface area contributed by atoms with Crippen LogP contribution in [-0.4, -0.2) is 5.11 Å². The molecular weight excluding hydrogens is 232 g/mol. The predicted molar refractivity (Wildman–Crippen MR) is 51.0 cm³/mol. The van der Waals surface area contributed by atoms with Crippen molar-refractivity contribution in [3.63, 3.8) is 0 Å². The first kappa shape index (κ1) is 9.29. The molecule has 0 saturated heterocycles. The van der Waals surface area contributed by atoms with Crippen LogP contribution < -0.4 is 4.16 Å². The molecule has 4 heteroatoms. The van der Waals surface area contributed by atoms with E-state index in [9.17, 15) is 10.0 Å². The van der Waals surface area contributed by atoms with Crippen molar-refractivity contribution in [3.8, 4) is 5.75 Å². The molecule has 0 unspecified atom stereocenters. The van der Waals surface area contributed by atoms with E-state index in [0.29, 0.717) is 0 Å². The van der Waals surface area contributed by atoms with Gasteiger partial charge in [0, 0.05) is 0 Å². The molecule has 0 bridgehead atoms. The summed E-state index contributed by atoms with van der Waals surface area (Å²) in [6.07, 6.45) is 0. The Bertz CT molecular complexity index is 485. The molecule has 0 spiro atoms. The summed E-state index contributed by atoms with van der Waals surface area (Å²) < 4.78 is 3.78. The molecule has 3 nitrogen and oxygen atoms in total. The SMILES string of the molecule is O=[N][Zn][c]1c(O)ccc2ccccc12. The number of hydrogen-bond donors (Lipinski definition) is 1. The second-order valence-corrected chi connectivity index (χ2v) is 5.76. The molecule has 0 aliphatic rings. The molecule has 0 saturated carbocycles. The molecule has 1 N–H and O–H groups in total. The van der Waals surface area contributed by atoms with Crippen LogP contribution in [-0.2, 0) is 17.4 Å². The van der Waals surface area contributed by atoms with Crippen LogP contribution in [0, 0.1) is 4.91 Å². The molecule has 2 rings (SSSR count). The molecule has 2 aromatic carbocycles. The van der Waals surface area contributed by atoms with Gasteiger partial charge in [-0.3, -0.25) is 0 Å². The number of nitroso groups, excluding NO2 is 1. The standard InChI is InChI=1S/C10H7O.NO.Zn/c11-10-6-5-8-3-1-2-4-9(8)7-10;1-2;/h1-6,11H;;/q;-1;+1. The molecule has 0 aliphatic carbocycles. The van der Waals surface area contributed by atoms with Gasteiger partial charge in [0.15, 0.2) is 0 Å². The number of nitrogens with zero attached hydrogens (tertiary/aromatic N) is 1. The van der Waals surface area contributed by atoms with Gasteiger partial charge in [-0.25, -0.2) is 0 Å². The normalized spacial score (nSPS) is 9.71. The van der Waals surface area contributed by atoms with Crippen molar-refractivity contribution in [2.24, 2.45) is 3.92 Å². The van der Waals surface area contributed by atoms with Gasteiger partial charge in [0.1, 0.15) is 0 Å². The zero-order valence-corrected chi connectivity index (χ0v) is 10.4. The first-order valence-electron chi connectivity index (χ1n) is 4.31. The summed E-state index contributed by atoms with van der Waals surface area (Å²) in [7, 11) is 0.